The van der Waals surface area contributed by atoms with Gasteiger partial charge in [-0.2, -0.15) is 0 Å². The first kappa shape index (κ1) is 23.2. The maximum absolute atomic E-state index is 5.48. The highest BCUT2D eigenvalue weighted by atomic mass is 127. The molecule has 0 aliphatic carbocycles. The maximum atomic E-state index is 5.48. The van der Waals surface area contributed by atoms with E-state index in [1.54, 1.807) is 0 Å². The average Bonchev–Trinajstić information content (AvgIpc) is 3.13. The number of benzene rings is 1. The standard InChI is InChI=1S/C21H35N5O.HI/c1-17(26-10-9-18-7-5-6-8-19(18)26)15-23-20(22-4)24-16-21(2,3)25-11-13-27-14-12-25;/h5-8,17H,9-16H2,1-4H3,(H2,22,23,24);1H. The van der Waals surface area contributed by atoms with Gasteiger partial charge in [0.1, 0.15) is 0 Å². The lowest BCUT2D eigenvalue weighted by atomic mass is 10.0. The fourth-order valence-corrected chi connectivity index (χ4v) is 3.98. The Hall–Kier alpha value is -1.06. The van der Waals surface area contributed by atoms with Crippen LogP contribution in [-0.4, -0.2) is 75.4 Å². The molecule has 0 radical (unpaired) electrons. The zero-order valence-corrected chi connectivity index (χ0v) is 20.0. The summed E-state index contributed by atoms with van der Waals surface area (Å²) in [5.74, 6) is 0.871. The van der Waals surface area contributed by atoms with E-state index in [4.69, 9.17) is 4.74 Å². The number of rotatable bonds is 6. The molecule has 1 unspecified atom stereocenters. The molecule has 2 aliphatic rings. The van der Waals surface area contributed by atoms with E-state index >= 15 is 0 Å². The van der Waals surface area contributed by atoms with Crippen LogP contribution in [0.25, 0.3) is 0 Å². The highest BCUT2D eigenvalue weighted by Crippen LogP contribution is 2.28. The number of anilines is 1. The molecule has 0 aromatic heterocycles. The lowest BCUT2D eigenvalue weighted by Crippen LogP contribution is -2.57. The monoisotopic (exact) mass is 501 g/mol. The molecule has 2 N–H and O–H groups in total. The number of aliphatic imine (C=N–C) groups is 1. The number of morpholine rings is 1. The molecule has 6 nitrogen and oxygen atoms in total. The van der Waals surface area contributed by atoms with Gasteiger partial charge >= 0.3 is 0 Å². The van der Waals surface area contributed by atoms with Gasteiger partial charge in [0.15, 0.2) is 5.96 Å². The second kappa shape index (κ2) is 10.6. The lowest BCUT2D eigenvalue weighted by molar-refractivity contribution is -0.00834. The predicted octanol–water partition coefficient (Wildman–Crippen LogP) is 2.33. The summed E-state index contributed by atoms with van der Waals surface area (Å²) in [6.45, 7) is 13.3. The molecule has 1 aromatic carbocycles. The first-order chi connectivity index (χ1) is 13.0. The molecule has 2 heterocycles. The number of hydrogen-bond donors (Lipinski definition) is 2. The Morgan fingerprint density at radius 1 is 1.18 bits per heavy atom. The zero-order chi connectivity index (χ0) is 19.3. The van der Waals surface area contributed by atoms with Crippen LogP contribution in [0.4, 0.5) is 5.69 Å². The van der Waals surface area contributed by atoms with Crippen LogP contribution in [0.5, 0.6) is 0 Å². The van der Waals surface area contributed by atoms with E-state index in [0.29, 0.717) is 6.04 Å². The van der Waals surface area contributed by atoms with Crippen LogP contribution in [-0.2, 0) is 11.2 Å². The summed E-state index contributed by atoms with van der Waals surface area (Å²) in [6.07, 6.45) is 1.14. The molecule has 28 heavy (non-hydrogen) atoms. The van der Waals surface area contributed by atoms with Gasteiger partial charge in [0.05, 0.1) is 13.2 Å². The number of ether oxygens (including phenoxy) is 1. The minimum atomic E-state index is 0. The Kier molecular flexibility index (Phi) is 8.82. The van der Waals surface area contributed by atoms with Crippen LogP contribution in [0, 0.1) is 0 Å². The van der Waals surface area contributed by atoms with Crippen molar-refractivity contribution in [3.8, 4) is 0 Å². The number of halogens is 1. The molecule has 1 atom stereocenters. The van der Waals surface area contributed by atoms with Crippen molar-refractivity contribution in [3.05, 3.63) is 29.8 Å². The first-order valence-corrected chi connectivity index (χ1v) is 10.1. The predicted molar refractivity (Wildman–Crippen MR) is 128 cm³/mol. The molecule has 2 aliphatic heterocycles. The van der Waals surface area contributed by atoms with Crippen molar-refractivity contribution in [2.24, 2.45) is 4.99 Å². The molecule has 0 saturated carbocycles. The third kappa shape index (κ3) is 5.73. The number of hydrogen-bond acceptors (Lipinski definition) is 4. The van der Waals surface area contributed by atoms with E-state index < -0.39 is 0 Å². The third-order valence-corrected chi connectivity index (χ3v) is 5.80. The fourth-order valence-electron chi connectivity index (χ4n) is 3.98. The van der Waals surface area contributed by atoms with E-state index in [-0.39, 0.29) is 29.5 Å². The van der Waals surface area contributed by atoms with E-state index in [0.717, 1.165) is 58.3 Å². The van der Waals surface area contributed by atoms with Gasteiger partial charge in [-0.05, 0) is 38.8 Å². The maximum Gasteiger partial charge on any atom is 0.191 e. The second-order valence-electron chi connectivity index (χ2n) is 8.14. The molecule has 7 heteroatoms. The fraction of sp³-hybridized carbons (Fsp3) is 0.667. The molecular formula is C21H36IN5O. The summed E-state index contributed by atoms with van der Waals surface area (Å²) < 4.78 is 5.48. The number of guanidine groups is 1. The van der Waals surface area contributed by atoms with Gasteiger partial charge in [-0.15, -0.1) is 24.0 Å². The largest absolute Gasteiger partial charge is 0.379 e. The summed E-state index contributed by atoms with van der Waals surface area (Å²) in [4.78, 5) is 9.39. The second-order valence-corrected chi connectivity index (χ2v) is 8.14. The van der Waals surface area contributed by atoms with E-state index in [2.05, 4.69) is 70.5 Å². The van der Waals surface area contributed by atoms with Gasteiger partial charge in [0.25, 0.3) is 0 Å². The SMILES string of the molecule is CN=C(NCC(C)N1CCc2ccccc21)NCC(C)(C)N1CCOCC1.I. The summed E-state index contributed by atoms with van der Waals surface area (Å²) in [5, 5.41) is 7.02. The smallest absolute Gasteiger partial charge is 0.191 e. The number of nitrogens with zero attached hydrogens (tertiary/aromatic N) is 3. The normalized spacial score (nSPS) is 19.0. The lowest BCUT2D eigenvalue weighted by Gasteiger charge is -2.41. The Bertz CT molecular complexity index is 645. The van der Waals surface area contributed by atoms with Crippen molar-refractivity contribution >= 4 is 35.6 Å². The first-order valence-electron chi connectivity index (χ1n) is 10.1. The summed E-state index contributed by atoms with van der Waals surface area (Å²) in [6, 6.07) is 9.15. The minimum Gasteiger partial charge on any atom is -0.379 e. The van der Waals surface area contributed by atoms with Crippen LogP contribution < -0.4 is 15.5 Å². The van der Waals surface area contributed by atoms with Crippen LogP contribution >= 0.6 is 24.0 Å². The van der Waals surface area contributed by atoms with Crippen LogP contribution in [0.2, 0.25) is 0 Å². The van der Waals surface area contributed by atoms with Gasteiger partial charge in [0.2, 0.25) is 0 Å². The molecule has 0 bridgehead atoms. The van der Waals surface area contributed by atoms with Gasteiger partial charge in [-0.1, -0.05) is 18.2 Å². The van der Waals surface area contributed by atoms with E-state index in [1.807, 2.05) is 7.05 Å². The van der Waals surface area contributed by atoms with Crippen molar-refractivity contribution in [2.75, 3.05) is 57.9 Å². The molecule has 3 rings (SSSR count). The average molecular weight is 501 g/mol. The number of nitrogens with one attached hydrogen (secondary N) is 2. The zero-order valence-electron chi connectivity index (χ0n) is 17.7. The molecule has 1 aromatic rings. The Morgan fingerprint density at radius 2 is 1.89 bits per heavy atom. The van der Waals surface area contributed by atoms with Crippen molar-refractivity contribution in [3.63, 3.8) is 0 Å². The van der Waals surface area contributed by atoms with Crippen LogP contribution in [0.3, 0.4) is 0 Å². The highest BCUT2D eigenvalue weighted by Gasteiger charge is 2.28. The summed E-state index contributed by atoms with van der Waals surface area (Å²) in [7, 11) is 1.84. The molecule has 1 saturated heterocycles. The topological polar surface area (TPSA) is 52.1 Å². The summed E-state index contributed by atoms with van der Waals surface area (Å²) in [5.41, 5.74) is 2.91. The van der Waals surface area contributed by atoms with Crippen LogP contribution in [0.1, 0.15) is 26.3 Å². The van der Waals surface area contributed by atoms with Crippen molar-refractivity contribution in [1.29, 1.82) is 0 Å². The molecule has 0 spiro atoms. The molecular weight excluding hydrogens is 465 g/mol. The molecule has 158 valence electrons. The van der Waals surface area contributed by atoms with Gasteiger partial charge in [-0.3, -0.25) is 9.89 Å². The van der Waals surface area contributed by atoms with E-state index in [1.165, 1.54) is 11.3 Å². The van der Waals surface area contributed by atoms with Gasteiger partial charge < -0.3 is 20.3 Å². The molecule has 1 fully saturated rings. The Morgan fingerprint density at radius 3 is 2.61 bits per heavy atom. The number of fused-ring (bicyclic) bond motifs is 1. The van der Waals surface area contributed by atoms with Crippen molar-refractivity contribution in [2.45, 2.75) is 38.8 Å². The Balaban J connectivity index is 0.00000280. The highest BCUT2D eigenvalue weighted by molar-refractivity contribution is 14.0. The minimum absolute atomic E-state index is 0. The Labute approximate surface area is 187 Å². The number of para-hydroxylation sites is 1. The van der Waals surface area contributed by atoms with Gasteiger partial charge in [-0.25, -0.2) is 0 Å². The van der Waals surface area contributed by atoms with Gasteiger partial charge in [0, 0.05) is 57.0 Å². The summed E-state index contributed by atoms with van der Waals surface area (Å²) >= 11 is 0. The van der Waals surface area contributed by atoms with E-state index in [9.17, 15) is 0 Å². The van der Waals surface area contributed by atoms with Crippen LogP contribution in [0.15, 0.2) is 29.3 Å². The quantitative estimate of drug-likeness (QED) is 0.356. The third-order valence-electron chi connectivity index (χ3n) is 5.80. The van der Waals surface area contributed by atoms with Crippen molar-refractivity contribution < 1.29 is 4.74 Å². The van der Waals surface area contributed by atoms with Crippen molar-refractivity contribution in [1.82, 2.24) is 15.5 Å². The molecule has 0 amide bonds.